The van der Waals surface area contributed by atoms with Crippen LogP contribution < -0.4 is 15.0 Å². The van der Waals surface area contributed by atoms with Crippen LogP contribution >= 0.6 is 0 Å². The Labute approximate surface area is 175 Å². The van der Waals surface area contributed by atoms with E-state index in [9.17, 15) is 4.79 Å². The molecule has 1 aliphatic heterocycles. The molecule has 1 fully saturated rings. The van der Waals surface area contributed by atoms with Crippen LogP contribution in [0, 0.1) is 0 Å². The van der Waals surface area contributed by atoms with Gasteiger partial charge >= 0.3 is 0 Å². The van der Waals surface area contributed by atoms with Crippen molar-refractivity contribution in [1.29, 1.82) is 0 Å². The third-order valence-electron chi connectivity index (χ3n) is 5.05. The van der Waals surface area contributed by atoms with Crippen molar-refractivity contribution in [2.24, 2.45) is 0 Å². The first kappa shape index (κ1) is 19.8. The fourth-order valence-electron chi connectivity index (χ4n) is 3.47. The predicted molar refractivity (Wildman–Crippen MR) is 116 cm³/mol. The zero-order valence-corrected chi connectivity index (χ0v) is 16.9. The maximum absolute atomic E-state index is 12.5. The van der Waals surface area contributed by atoms with E-state index >= 15 is 0 Å². The Bertz CT molecular complexity index is 990. The Morgan fingerprint density at radius 3 is 2.70 bits per heavy atom. The Morgan fingerprint density at radius 1 is 1.10 bits per heavy atom. The molecule has 1 saturated heterocycles. The number of aromatic nitrogens is 3. The van der Waals surface area contributed by atoms with Gasteiger partial charge in [-0.15, -0.1) is 0 Å². The van der Waals surface area contributed by atoms with Crippen molar-refractivity contribution < 1.29 is 9.53 Å². The van der Waals surface area contributed by atoms with Gasteiger partial charge in [0.1, 0.15) is 17.9 Å². The average molecular weight is 404 g/mol. The van der Waals surface area contributed by atoms with E-state index in [-0.39, 0.29) is 5.91 Å². The van der Waals surface area contributed by atoms with Crippen molar-refractivity contribution in [1.82, 2.24) is 19.9 Å². The molecule has 0 unspecified atom stereocenters. The number of carbonyl (C=O) groups is 1. The van der Waals surface area contributed by atoms with Crippen LogP contribution in [0.5, 0.6) is 5.75 Å². The predicted octanol–water partition coefficient (Wildman–Crippen LogP) is 2.31. The summed E-state index contributed by atoms with van der Waals surface area (Å²) in [6, 6.07) is 13.3. The number of amides is 1. The van der Waals surface area contributed by atoms with E-state index < -0.39 is 0 Å². The Morgan fingerprint density at radius 2 is 1.93 bits per heavy atom. The number of rotatable bonds is 6. The molecule has 0 spiro atoms. The second-order valence-corrected chi connectivity index (χ2v) is 7.01. The van der Waals surface area contributed by atoms with Gasteiger partial charge < -0.3 is 15.0 Å². The van der Waals surface area contributed by atoms with Gasteiger partial charge in [-0.1, -0.05) is 12.1 Å². The van der Waals surface area contributed by atoms with Gasteiger partial charge in [-0.2, -0.15) is 0 Å². The molecular formula is C22H24N6O2. The Hall–Kier alpha value is -3.52. The molecule has 0 atom stereocenters. The second kappa shape index (κ2) is 9.32. The summed E-state index contributed by atoms with van der Waals surface area (Å²) >= 11 is 0. The number of benzene rings is 1. The van der Waals surface area contributed by atoms with Gasteiger partial charge in [0.2, 0.25) is 5.91 Å². The summed E-state index contributed by atoms with van der Waals surface area (Å²) in [6.45, 7) is 3.50. The third kappa shape index (κ3) is 4.72. The SMILES string of the molecule is COc1ccccc1NC(=O)CN1CCN(c2cc(-c3cccnc3)ncn2)CC1. The first-order valence-electron chi connectivity index (χ1n) is 9.85. The van der Waals surface area contributed by atoms with E-state index in [1.807, 2.05) is 42.5 Å². The molecular weight excluding hydrogens is 380 g/mol. The number of piperazine rings is 1. The zero-order chi connectivity index (χ0) is 20.8. The first-order valence-corrected chi connectivity index (χ1v) is 9.85. The maximum Gasteiger partial charge on any atom is 0.238 e. The minimum absolute atomic E-state index is 0.0474. The zero-order valence-electron chi connectivity index (χ0n) is 16.9. The molecule has 3 heterocycles. The number of nitrogens with zero attached hydrogens (tertiary/aromatic N) is 5. The summed E-state index contributed by atoms with van der Waals surface area (Å²) in [5.41, 5.74) is 2.51. The van der Waals surface area contributed by atoms with E-state index in [1.54, 1.807) is 25.8 Å². The highest BCUT2D eigenvalue weighted by molar-refractivity contribution is 5.93. The van der Waals surface area contributed by atoms with Crippen LogP contribution in [0.25, 0.3) is 11.3 Å². The lowest BCUT2D eigenvalue weighted by Gasteiger charge is -2.35. The van der Waals surface area contributed by atoms with Crippen molar-refractivity contribution >= 4 is 17.4 Å². The van der Waals surface area contributed by atoms with Crippen molar-refractivity contribution in [2.75, 3.05) is 50.1 Å². The average Bonchev–Trinajstić information content (AvgIpc) is 2.80. The molecule has 2 aromatic heterocycles. The van der Waals surface area contributed by atoms with Gasteiger partial charge in [0.05, 0.1) is 25.0 Å². The van der Waals surface area contributed by atoms with E-state index in [2.05, 4.69) is 30.1 Å². The highest BCUT2D eigenvalue weighted by Crippen LogP contribution is 2.23. The summed E-state index contributed by atoms with van der Waals surface area (Å²) in [6.07, 6.45) is 5.13. The van der Waals surface area contributed by atoms with Crippen molar-refractivity contribution in [3.63, 3.8) is 0 Å². The summed E-state index contributed by atoms with van der Waals surface area (Å²) in [5, 5.41) is 2.93. The molecule has 1 amide bonds. The van der Waals surface area contributed by atoms with E-state index in [0.29, 0.717) is 18.0 Å². The quantitative estimate of drug-likeness (QED) is 0.675. The molecule has 0 radical (unpaired) electrons. The molecule has 8 nitrogen and oxygen atoms in total. The van der Waals surface area contributed by atoms with Gasteiger partial charge in [-0.25, -0.2) is 9.97 Å². The van der Waals surface area contributed by atoms with E-state index in [1.165, 1.54) is 0 Å². The fourth-order valence-corrected chi connectivity index (χ4v) is 3.47. The first-order chi connectivity index (χ1) is 14.7. The maximum atomic E-state index is 12.5. The Balaban J connectivity index is 1.32. The largest absolute Gasteiger partial charge is 0.495 e. The molecule has 30 heavy (non-hydrogen) atoms. The van der Waals surface area contributed by atoms with E-state index in [4.69, 9.17) is 4.74 Å². The van der Waals surface area contributed by atoms with Gasteiger partial charge in [-0.05, 0) is 24.3 Å². The van der Waals surface area contributed by atoms with Crippen LogP contribution in [0.3, 0.4) is 0 Å². The minimum Gasteiger partial charge on any atom is -0.495 e. The molecule has 4 rings (SSSR count). The topological polar surface area (TPSA) is 83.5 Å². The number of anilines is 2. The summed E-state index contributed by atoms with van der Waals surface area (Å²) in [7, 11) is 1.59. The third-order valence-corrected chi connectivity index (χ3v) is 5.05. The highest BCUT2D eigenvalue weighted by atomic mass is 16.5. The number of methoxy groups -OCH3 is 1. The molecule has 3 aromatic rings. The standard InChI is InChI=1S/C22H24N6O2/c1-30-20-7-3-2-6-18(20)26-22(29)15-27-9-11-28(12-10-27)21-13-19(24-16-25-21)17-5-4-8-23-14-17/h2-8,13-14,16H,9-12,15H2,1H3,(H,26,29). The number of nitrogens with one attached hydrogen (secondary N) is 1. The van der Waals surface area contributed by atoms with Gasteiger partial charge in [0.25, 0.3) is 0 Å². The van der Waals surface area contributed by atoms with Crippen LogP contribution in [-0.4, -0.2) is 65.6 Å². The van der Waals surface area contributed by atoms with Crippen molar-refractivity contribution in [2.45, 2.75) is 0 Å². The molecule has 8 heteroatoms. The van der Waals surface area contributed by atoms with Crippen LogP contribution in [0.2, 0.25) is 0 Å². The lowest BCUT2D eigenvalue weighted by molar-refractivity contribution is -0.117. The van der Waals surface area contributed by atoms with Crippen LogP contribution in [0.4, 0.5) is 11.5 Å². The van der Waals surface area contributed by atoms with Crippen LogP contribution in [0.1, 0.15) is 0 Å². The number of carbonyl (C=O) groups excluding carboxylic acids is 1. The second-order valence-electron chi connectivity index (χ2n) is 7.01. The fraction of sp³-hybridized carbons (Fsp3) is 0.273. The minimum atomic E-state index is -0.0474. The number of para-hydroxylation sites is 2. The normalized spacial score (nSPS) is 14.4. The molecule has 1 N–H and O–H groups in total. The summed E-state index contributed by atoms with van der Waals surface area (Å²) in [5.74, 6) is 1.50. The monoisotopic (exact) mass is 404 g/mol. The number of hydrogen-bond acceptors (Lipinski definition) is 7. The van der Waals surface area contributed by atoms with E-state index in [0.717, 1.165) is 43.3 Å². The molecule has 1 aliphatic rings. The Kier molecular flexibility index (Phi) is 6.14. The van der Waals surface area contributed by atoms with Gasteiger partial charge in [0.15, 0.2) is 0 Å². The molecule has 154 valence electrons. The highest BCUT2D eigenvalue weighted by Gasteiger charge is 2.21. The molecule has 0 bridgehead atoms. The molecule has 0 saturated carbocycles. The van der Waals surface area contributed by atoms with Crippen LogP contribution in [0.15, 0.2) is 61.2 Å². The number of hydrogen-bond donors (Lipinski definition) is 1. The lowest BCUT2D eigenvalue weighted by atomic mass is 10.2. The van der Waals surface area contributed by atoms with Gasteiger partial charge in [0, 0.05) is 50.2 Å². The summed E-state index contributed by atoms with van der Waals surface area (Å²) in [4.78, 5) is 29.8. The van der Waals surface area contributed by atoms with Crippen molar-refractivity contribution in [3.8, 4) is 17.0 Å². The molecule has 0 aliphatic carbocycles. The van der Waals surface area contributed by atoms with Crippen molar-refractivity contribution in [3.05, 3.63) is 61.2 Å². The number of pyridine rings is 1. The smallest absolute Gasteiger partial charge is 0.238 e. The lowest BCUT2D eigenvalue weighted by Crippen LogP contribution is -2.49. The van der Waals surface area contributed by atoms with Gasteiger partial charge in [-0.3, -0.25) is 14.7 Å². The number of ether oxygens (including phenoxy) is 1. The van der Waals surface area contributed by atoms with Crippen LogP contribution in [-0.2, 0) is 4.79 Å². The molecule has 1 aromatic carbocycles. The summed E-state index contributed by atoms with van der Waals surface area (Å²) < 4.78 is 5.29.